The van der Waals surface area contributed by atoms with Crippen LogP contribution in [0, 0.1) is 0 Å². The lowest BCUT2D eigenvalue weighted by atomic mass is 10.0. The minimum Gasteiger partial charge on any atom is -0.488 e. The van der Waals surface area contributed by atoms with Gasteiger partial charge in [-0.1, -0.05) is 26.0 Å². The lowest BCUT2D eigenvalue weighted by Crippen LogP contribution is -2.21. The lowest BCUT2D eigenvalue weighted by molar-refractivity contribution is 0.0920. The fraction of sp³-hybridized carbons (Fsp3) is 0.625. The van der Waals surface area contributed by atoms with Gasteiger partial charge in [-0.2, -0.15) is 0 Å². The van der Waals surface area contributed by atoms with E-state index in [-0.39, 0.29) is 6.10 Å². The highest BCUT2D eigenvalue weighted by atomic mass is 16.5. The predicted molar refractivity (Wildman–Crippen MR) is 79.7 cm³/mol. The molecule has 108 valence electrons. The van der Waals surface area contributed by atoms with Gasteiger partial charge in [0.05, 0.1) is 6.61 Å². The van der Waals surface area contributed by atoms with Crippen LogP contribution in [0.4, 0.5) is 0 Å². The Balaban J connectivity index is 2.58. The summed E-state index contributed by atoms with van der Waals surface area (Å²) in [4.78, 5) is 0. The standard InChI is InChI=1S/C16H27NO2/c1-5-11-17-16(6-2)14-7-9-15(10-8-14)19-13(3)12-18-4/h7-10,13,16-17H,5-6,11-12H2,1-4H3. The van der Waals surface area contributed by atoms with Gasteiger partial charge >= 0.3 is 0 Å². The summed E-state index contributed by atoms with van der Waals surface area (Å²) >= 11 is 0. The van der Waals surface area contributed by atoms with Crippen molar-refractivity contribution in [3.63, 3.8) is 0 Å². The van der Waals surface area contributed by atoms with E-state index in [4.69, 9.17) is 9.47 Å². The Kier molecular flexibility index (Phi) is 7.53. The molecule has 2 unspecified atom stereocenters. The molecule has 0 aliphatic rings. The Morgan fingerprint density at radius 1 is 1.16 bits per heavy atom. The van der Waals surface area contributed by atoms with E-state index in [2.05, 4.69) is 31.3 Å². The summed E-state index contributed by atoms with van der Waals surface area (Å²) in [5.74, 6) is 0.902. The Bertz CT molecular complexity index is 337. The second-order valence-corrected chi connectivity index (χ2v) is 4.87. The molecule has 0 heterocycles. The van der Waals surface area contributed by atoms with Crippen LogP contribution in [0.1, 0.15) is 45.2 Å². The van der Waals surface area contributed by atoms with Crippen LogP contribution in [-0.2, 0) is 4.74 Å². The predicted octanol–water partition coefficient (Wildman–Crippen LogP) is 3.55. The van der Waals surface area contributed by atoms with Gasteiger partial charge < -0.3 is 14.8 Å². The number of ether oxygens (including phenoxy) is 2. The van der Waals surface area contributed by atoms with Gasteiger partial charge in [-0.05, 0) is 44.0 Å². The Hall–Kier alpha value is -1.06. The summed E-state index contributed by atoms with van der Waals surface area (Å²) in [5.41, 5.74) is 1.32. The summed E-state index contributed by atoms with van der Waals surface area (Å²) in [5, 5.41) is 3.56. The third kappa shape index (κ3) is 5.62. The molecule has 0 saturated heterocycles. The van der Waals surface area contributed by atoms with E-state index in [9.17, 15) is 0 Å². The molecule has 1 rings (SSSR count). The number of hydrogen-bond donors (Lipinski definition) is 1. The van der Waals surface area contributed by atoms with Crippen molar-refractivity contribution in [2.24, 2.45) is 0 Å². The van der Waals surface area contributed by atoms with Crippen LogP contribution in [0.2, 0.25) is 0 Å². The second-order valence-electron chi connectivity index (χ2n) is 4.87. The summed E-state index contributed by atoms with van der Waals surface area (Å²) in [6.07, 6.45) is 2.34. The van der Waals surface area contributed by atoms with E-state index < -0.39 is 0 Å². The van der Waals surface area contributed by atoms with Crippen LogP contribution in [-0.4, -0.2) is 26.4 Å². The normalized spacial score (nSPS) is 14.1. The number of methoxy groups -OCH3 is 1. The topological polar surface area (TPSA) is 30.5 Å². The maximum atomic E-state index is 5.76. The van der Waals surface area contributed by atoms with Crippen LogP contribution in [0.3, 0.4) is 0 Å². The van der Waals surface area contributed by atoms with Crippen molar-refractivity contribution in [3.8, 4) is 5.75 Å². The van der Waals surface area contributed by atoms with Gasteiger partial charge in [0.1, 0.15) is 11.9 Å². The van der Waals surface area contributed by atoms with Crippen LogP contribution < -0.4 is 10.1 Å². The molecule has 0 amide bonds. The molecular weight excluding hydrogens is 238 g/mol. The summed E-state index contributed by atoms with van der Waals surface area (Å²) < 4.78 is 10.8. The van der Waals surface area contributed by atoms with Gasteiger partial charge in [-0.15, -0.1) is 0 Å². The molecule has 0 spiro atoms. The maximum Gasteiger partial charge on any atom is 0.119 e. The molecule has 0 aliphatic heterocycles. The van der Waals surface area contributed by atoms with Crippen molar-refractivity contribution in [3.05, 3.63) is 29.8 Å². The van der Waals surface area contributed by atoms with Crippen molar-refractivity contribution < 1.29 is 9.47 Å². The zero-order valence-electron chi connectivity index (χ0n) is 12.6. The average Bonchev–Trinajstić information content (AvgIpc) is 2.41. The highest BCUT2D eigenvalue weighted by Crippen LogP contribution is 2.20. The minimum atomic E-state index is 0.0797. The molecule has 0 radical (unpaired) electrons. The molecule has 3 nitrogen and oxygen atoms in total. The summed E-state index contributed by atoms with van der Waals surface area (Å²) in [6.45, 7) is 8.07. The van der Waals surface area contributed by atoms with Gasteiger partial charge in [-0.3, -0.25) is 0 Å². The third-order valence-electron chi connectivity index (χ3n) is 3.07. The van der Waals surface area contributed by atoms with Crippen LogP contribution in [0.25, 0.3) is 0 Å². The second kappa shape index (κ2) is 8.94. The fourth-order valence-corrected chi connectivity index (χ4v) is 2.10. The molecule has 0 bridgehead atoms. The molecule has 1 aromatic rings. The number of benzene rings is 1. The van der Waals surface area contributed by atoms with Gasteiger partial charge in [0.25, 0.3) is 0 Å². The largest absolute Gasteiger partial charge is 0.488 e. The van der Waals surface area contributed by atoms with Crippen molar-refractivity contribution in [1.29, 1.82) is 0 Å². The fourth-order valence-electron chi connectivity index (χ4n) is 2.10. The van der Waals surface area contributed by atoms with Gasteiger partial charge in [0, 0.05) is 13.2 Å². The van der Waals surface area contributed by atoms with Gasteiger partial charge in [-0.25, -0.2) is 0 Å². The van der Waals surface area contributed by atoms with E-state index >= 15 is 0 Å². The van der Waals surface area contributed by atoms with E-state index in [0.29, 0.717) is 12.6 Å². The van der Waals surface area contributed by atoms with Crippen LogP contribution >= 0.6 is 0 Å². The van der Waals surface area contributed by atoms with Gasteiger partial charge in [0.15, 0.2) is 0 Å². The SMILES string of the molecule is CCCNC(CC)c1ccc(OC(C)COC)cc1. The monoisotopic (exact) mass is 265 g/mol. The number of nitrogens with one attached hydrogen (secondary N) is 1. The van der Waals surface area contributed by atoms with E-state index in [1.807, 2.05) is 19.1 Å². The maximum absolute atomic E-state index is 5.76. The molecule has 2 atom stereocenters. The van der Waals surface area contributed by atoms with E-state index in [0.717, 1.165) is 25.1 Å². The van der Waals surface area contributed by atoms with E-state index in [1.165, 1.54) is 5.56 Å². The molecule has 19 heavy (non-hydrogen) atoms. The van der Waals surface area contributed by atoms with E-state index in [1.54, 1.807) is 7.11 Å². The first-order valence-corrected chi connectivity index (χ1v) is 7.20. The first-order chi connectivity index (χ1) is 9.21. The Labute approximate surface area is 117 Å². The Morgan fingerprint density at radius 2 is 1.84 bits per heavy atom. The number of rotatable bonds is 9. The minimum absolute atomic E-state index is 0.0797. The summed E-state index contributed by atoms with van der Waals surface area (Å²) in [6, 6.07) is 8.80. The molecule has 0 aliphatic carbocycles. The van der Waals surface area contributed by atoms with Crippen molar-refractivity contribution in [2.75, 3.05) is 20.3 Å². The van der Waals surface area contributed by atoms with Gasteiger partial charge in [0.2, 0.25) is 0 Å². The van der Waals surface area contributed by atoms with Crippen molar-refractivity contribution >= 4 is 0 Å². The summed E-state index contributed by atoms with van der Waals surface area (Å²) in [7, 11) is 1.69. The molecule has 0 aromatic heterocycles. The van der Waals surface area contributed by atoms with Crippen molar-refractivity contribution in [1.82, 2.24) is 5.32 Å². The zero-order valence-corrected chi connectivity index (χ0v) is 12.6. The first-order valence-electron chi connectivity index (χ1n) is 7.20. The third-order valence-corrected chi connectivity index (χ3v) is 3.07. The molecule has 0 fully saturated rings. The number of hydrogen-bond acceptors (Lipinski definition) is 3. The lowest BCUT2D eigenvalue weighted by Gasteiger charge is -2.18. The van der Waals surface area contributed by atoms with Crippen molar-refractivity contribution in [2.45, 2.75) is 45.8 Å². The average molecular weight is 265 g/mol. The highest BCUT2D eigenvalue weighted by molar-refractivity contribution is 5.29. The molecular formula is C16H27NO2. The zero-order chi connectivity index (χ0) is 14.1. The molecule has 1 N–H and O–H groups in total. The molecule has 1 aromatic carbocycles. The highest BCUT2D eigenvalue weighted by Gasteiger charge is 2.09. The first kappa shape index (κ1) is 16.0. The molecule has 3 heteroatoms. The molecule has 0 saturated carbocycles. The van der Waals surface area contributed by atoms with Crippen LogP contribution in [0.15, 0.2) is 24.3 Å². The smallest absolute Gasteiger partial charge is 0.119 e. The van der Waals surface area contributed by atoms with Crippen LogP contribution in [0.5, 0.6) is 5.75 Å². The quantitative estimate of drug-likeness (QED) is 0.740. The Morgan fingerprint density at radius 3 is 2.37 bits per heavy atom.